The lowest BCUT2D eigenvalue weighted by molar-refractivity contribution is 0.0358. The minimum Gasteiger partial charge on any atom is -0.411 e. The molecule has 2 nitrogen and oxygen atoms in total. The summed E-state index contributed by atoms with van der Waals surface area (Å²) in [5.74, 6) is 2.52. The number of rotatable bonds is 5. The van der Waals surface area contributed by atoms with Crippen LogP contribution >= 0.6 is 0 Å². The molecule has 0 aromatic heterocycles. The van der Waals surface area contributed by atoms with Crippen LogP contribution in [0.2, 0.25) is 0 Å². The molecule has 1 N–H and O–H groups in total. The van der Waals surface area contributed by atoms with E-state index < -0.39 is 0 Å². The summed E-state index contributed by atoms with van der Waals surface area (Å²) in [4.78, 5) is 0. The van der Waals surface area contributed by atoms with Crippen LogP contribution in [0.4, 0.5) is 0 Å². The summed E-state index contributed by atoms with van der Waals surface area (Å²) in [5, 5.41) is 13.2. The van der Waals surface area contributed by atoms with Crippen molar-refractivity contribution in [3.05, 3.63) is 0 Å². The molecule has 0 radical (unpaired) electrons. The molecule has 0 saturated heterocycles. The van der Waals surface area contributed by atoms with Gasteiger partial charge in [-0.1, -0.05) is 37.8 Å². The van der Waals surface area contributed by atoms with E-state index in [9.17, 15) is 5.21 Å². The van der Waals surface area contributed by atoms with E-state index in [2.05, 4.69) is 12.1 Å². The Morgan fingerprint density at radius 3 is 2.44 bits per heavy atom. The maximum atomic E-state index is 9.45. The van der Waals surface area contributed by atoms with Crippen LogP contribution in [0.15, 0.2) is 5.16 Å². The molecule has 18 heavy (non-hydrogen) atoms. The van der Waals surface area contributed by atoms with Crippen molar-refractivity contribution in [3.63, 3.8) is 0 Å². The van der Waals surface area contributed by atoms with Crippen LogP contribution in [0.25, 0.3) is 0 Å². The predicted octanol–water partition coefficient (Wildman–Crippen LogP) is 4.61. The molecule has 2 heteroatoms. The highest BCUT2D eigenvalue weighted by Crippen LogP contribution is 2.60. The average Bonchev–Trinajstić information content (AvgIpc) is 2.34. The fraction of sp³-hybridized carbons (Fsp3) is 0.938. The van der Waals surface area contributed by atoms with E-state index in [0.29, 0.717) is 11.3 Å². The maximum Gasteiger partial charge on any atom is 0.0663 e. The summed E-state index contributed by atoms with van der Waals surface area (Å²) in [6.07, 6.45) is 13.4. The highest BCUT2D eigenvalue weighted by molar-refractivity contribution is 5.93. The van der Waals surface area contributed by atoms with E-state index in [-0.39, 0.29) is 0 Å². The van der Waals surface area contributed by atoms with Gasteiger partial charge < -0.3 is 5.21 Å². The molecule has 102 valence electrons. The monoisotopic (exact) mass is 249 g/mol. The molecular weight excluding hydrogens is 222 g/mol. The zero-order chi connectivity index (χ0) is 12.6. The molecule has 0 aliphatic heterocycles. The van der Waals surface area contributed by atoms with Gasteiger partial charge in [-0.05, 0) is 50.4 Å². The van der Waals surface area contributed by atoms with E-state index in [1.807, 2.05) is 0 Å². The zero-order valence-corrected chi connectivity index (χ0v) is 11.7. The third-order valence-corrected chi connectivity index (χ3v) is 5.81. The first kappa shape index (κ1) is 12.5. The first-order valence-electron chi connectivity index (χ1n) is 8.00. The number of nitrogens with zero attached hydrogens (tertiary/aromatic N) is 1. The van der Waals surface area contributed by atoms with Gasteiger partial charge in [0.25, 0.3) is 0 Å². The van der Waals surface area contributed by atoms with Crippen LogP contribution in [0.3, 0.4) is 0 Å². The topological polar surface area (TPSA) is 32.6 Å². The van der Waals surface area contributed by atoms with Crippen LogP contribution in [-0.4, -0.2) is 10.9 Å². The van der Waals surface area contributed by atoms with Crippen molar-refractivity contribution in [3.8, 4) is 0 Å². The Balaban J connectivity index is 1.71. The second-order valence-electron chi connectivity index (χ2n) is 7.12. The highest BCUT2D eigenvalue weighted by Gasteiger charge is 2.54. The Labute approximate surface area is 111 Å². The third kappa shape index (κ3) is 1.98. The van der Waals surface area contributed by atoms with Crippen molar-refractivity contribution in [2.75, 3.05) is 0 Å². The summed E-state index contributed by atoms with van der Waals surface area (Å²) in [5.41, 5.74) is 1.52. The van der Waals surface area contributed by atoms with Crippen LogP contribution in [0.5, 0.6) is 0 Å². The van der Waals surface area contributed by atoms with Gasteiger partial charge in [-0.2, -0.15) is 0 Å². The molecule has 0 amide bonds. The average molecular weight is 249 g/mol. The van der Waals surface area contributed by atoms with E-state index in [1.165, 1.54) is 69.9 Å². The van der Waals surface area contributed by atoms with Crippen LogP contribution in [-0.2, 0) is 0 Å². The number of hydrogen-bond acceptors (Lipinski definition) is 2. The molecule has 4 saturated carbocycles. The quantitative estimate of drug-likeness (QED) is 0.430. The van der Waals surface area contributed by atoms with Gasteiger partial charge in [-0.15, -0.1) is 0 Å². The maximum absolute atomic E-state index is 9.45. The van der Waals surface area contributed by atoms with E-state index >= 15 is 0 Å². The Hall–Kier alpha value is -0.530. The standard InChI is InChI=1S/C16H27NO/c1-2-3-4-5-6-16-10-12-7-13(11-16)9-14(8-12)15(16)17-18/h12-14,18H,2-11H2,1H3/b17-15+/t12-,13+,14?,16?. The zero-order valence-electron chi connectivity index (χ0n) is 11.7. The summed E-state index contributed by atoms with van der Waals surface area (Å²) in [6, 6.07) is 0. The van der Waals surface area contributed by atoms with Crippen LogP contribution in [0.1, 0.15) is 71.1 Å². The number of hydrogen-bond donors (Lipinski definition) is 1. The summed E-state index contributed by atoms with van der Waals surface area (Å²) in [7, 11) is 0. The molecule has 4 rings (SSSR count). The SMILES string of the molecule is CCCCCCC12C[C@@H]3CC(C[C@@H](C3)C1)/C2=N\O. The van der Waals surface area contributed by atoms with E-state index in [1.54, 1.807) is 0 Å². The number of oxime groups is 1. The normalized spacial score (nSPS) is 43.8. The second kappa shape index (κ2) is 4.86. The van der Waals surface area contributed by atoms with Gasteiger partial charge in [0.05, 0.1) is 5.71 Å². The molecular formula is C16H27NO. The lowest BCUT2D eigenvalue weighted by Crippen LogP contribution is -2.53. The van der Waals surface area contributed by atoms with Gasteiger partial charge in [-0.25, -0.2) is 0 Å². The summed E-state index contributed by atoms with van der Waals surface area (Å²) in [6.45, 7) is 2.27. The van der Waals surface area contributed by atoms with Crippen molar-refractivity contribution >= 4 is 5.71 Å². The smallest absolute Gasteiger partial charge is 0.0663 e. The lowest BCUT2D eigenvalue weighted by Gasteiger charge is -2.57. The molecule has 0 aromatic rings. The largest absolute Gasteiger partial charge is 0.411 e. The molecule has 2 unspecified atom stereocenters. The molecule has 0 spiro atoms. The lowest BCUT2D eigenvalue weighted by atomic mass is 9.47. The van der Waals surface area contributed by atoms with Gasteiger partial charge >= 0.3 is 0 Å². The fourth-order valence-electron chi connectivity index (χ4n) is 5.36. The summed E-state index contributed by atoms with van der Waals surface area (Å²) >= 11 is 0. The Morgan fingerprint density at radius 2 is 1.83 bits per heavy atom. The molecule has 4 aliphatic carbocycles. The van der Waals surface area contributed by atoms with Gasteiger partial charge in [-0.3, -0.25) is 0 Å². The minimum absolute atomic E-state index is 0.317. The Kier molecular flexibility index (Phi) is 3.38. The molecule has 4 bridgehead atoms. The van der Waals surface area contributed by atoms with Crippen LogP contribution < -0.4 is 0 Å². The first-order valence-corrected chi connectivity index (χ1v) is 8.00. The molecule has 0 heterocycles. The molecule has 4 aliphatic rings. The van der Waals surface area contributed by atoms with Gasteiger partial charge in [0.1, 0.15) is 0 Å². The number of unbranched alkanes of at least 4 members (excludes halogenated alkanes) is 3. The summed E-state index contributed by atoms with van der Waals surface area (Å²) < 4.78 is 0. The first-order chi connectivity index (χ1) is 8.77. The predicted molar refractivity (Wildman–Crippen MR) is 74.0 cm³/mol. The van der Waals surface area contributed by atoms with E-state index in [4.69, 9.17) is 0 Å². The Bertz CT molecular complexity index is 322. The molecule has 4 atom stereocenters. The molecule has 0 aromatic carbocycles. The third-order valence-electron chi connectivity index (χ3n) is 5.81. The highest BCUT2D eigenvalue weighted by atomic mass is 16.4. The Morgan fingerprint density at radius 1 is 1.11 bits per heavy atom. The molecule has 4 fully saturated rings. The van der Waals surface area contributed by atoms with E-state index in [0.717, 1.165) is 11.8 Å². The van der Waals surface area contributed by atoms with Gasteiger partial charge in [0.15, 0.2) is 0 Å². The van der Waals surface area contributed by atoms with Gasteiger partial charge in [0.2, 0.25) is 0 Å². The minimum atomic E-state index is 0.317. The van der Waals surface area contributed by atoms with Crippen molar-refractivity contribution in [1.82, 2.24) is 0 Å². The van der Waals surface area contributed by atoms with Crippen molar-refractivity contribution in [2.45, 2.75) is 71.1 Å². The van der Waals surface area contributed by atoms with Crippen molar-refractivity contribution < 1.29 is 5.21 Å². The van der Waals surface area contributed by atoms with Gasteiger partial charge in [0, 0.05) is 11.3 Å². The fourth-order valence-corrected chi connectivity index (χ4v) is 5.36. The van der Waals surface area contributed by atoms with Crippen molar-refractivity contribution in [1.29, 1.82) is 0 Å². The van der Waals surface area contributed by atoms with Crippen molar-refractivity contribution in [2.24, 2.45) is 28.3 Å². The van der Waals surface area contributed by atoms with Crippen LogP contribution in [0, 0.1) is 23.2 Å². The second-order valence-corrected chi connectivity index (χ2v) is 7.12.